The van der Waals surface area contributed by atoms with Crippen molar-refractivity contribution in [2.75, 3.05) is 14.2 Å². The van der Waals surface area contributed by atoms with Gasteiger partial charge in [-0.05, 0) is 6.42 Å². The van der Waals surface area contributed by atoms with E-state index >= 15 is 0 Å². The zero-order valence-electron chi connectivity index (χ0n) is 6.39. The van der Waals surface area contributed by atoms with E-state index in [9.17, 15) is 0 Å². The van der Waals surface area contributed by atoms with Crippen molar-refractivity contribution < 1.29 is 9.47 Å². The maximum absolute atomic E-state index is 5.09. The van der Waals surface area contributed by atoms with Gasteiger partial charge in [-0.15, -0.1) is 0 Å². The molecule has 0 saturated heterocycles. The van der Waals surface area contributed by atoms with Gasteiger partial charge in [0.2, 0.25) is 0 Å². The van der Waals surface area contributed by atoms with Crippen molar-refractivity contribution in [1.82, 2.24) is 0 Å². The summed E-state index contributed by atoms with van der Waals surface area (Å²) in [4.78, 5) is 0. The summed E-state index contributed by atoms with van der Waals surface area (Å²) >= 11 is 0. The van der Waals surface area contributed by atoms with Gasteiger partial charge in [0.1, 0.15) is 0 Å². The van der Waals surface area contributed by atoms with Gasteiger partial charge in [0, 0.05) is 20.6 Å². The first-order valence-corrected chi connectivity index (χ1v) is 3.22. The molecule has 1 unspecified atom stereocenters. The van der Waals surface area contributed by atoms with Crippen molar-refractivity contribution in [2.24, 2.45) is 0 Å². The van der Waals surface area contributed by atoms with Gasteiger partial charge in [-0.25, -0.2) is 0 Å². The average molecular weight is 131 g/mol. The van der Waals surface area contributed by atoms with Crippen LogP contribution in [0.5, 0.6) is 0 Å². The van der Waals surface area contributed by atoms with Crippen LogP contribution in [0.4, 0.5) is 0 Å². The molecule has 0 spiro atoms. The maximum Gasteiger partial charge on any atom is 0.0858 e. The summed E-state index contributed by atoms with van der Waals surface area (Å²) in [5.74, 6) is 0. The van der Waals surface area contributed by atoms with Crippen LogP contribution in [-0.4, -0.2) is 20.3 Å². The molecule has 2 nitrogen and oxygen atoms in total. The molecule has 0 amide bonds. The highest BCUT2D eigenvalue weighted by Crippen LogP contribution is 2.03. The van der Waals surface area contributed by atoms with Crippen LogP contribution in [-0.2, 0) is 9.47 Å². The molecule has 0 fully saturated rings. The van der Waals surface area contributed by atoms with E-state index in [0.717, 1.165) is 12.8 Å². The zero-order chi connectivity index (χ0) is 7.11. The lowest BCUT2D eigenvalue weighted by atomic mass is 10.2. The lowest BCUT2D eigenvalue weighted by Crippen LogP contribution is -2.08. The van der Waals surface area contributed by atoms with E-state index in [1.807, 2.05) is 0 Å². The van der Waals surface area contributed by atoms with Crippen LogP contribution in [0.25, 0.3) is 0 Å². The number of methoxy groups -OCH3 is 2. The second kappa shape index (κ2) is 6.05. The van der Waals surface area contributed by atoms with Crippen LogP contribution in [0, 0.1) is 6.61 Å². The summed E-state index contributed by atoms with van der Waals surface area (Å²) in [7, 11) is 3.38. The minimum Gasteiger partial charge on any atom is -0.381 e. The fraction of sp³-hybridized carbons (Fsp3) is 0.857. The zero-order valence-corrected chi connectivity index (χ0v) is 6.39. The van der Waals surface area contributed by atoms with Gasteiger partial charge in [0.25, 0.3) is 0 Å². The predicted molar refractivity (Wildman–Crippen MR) is 37.0 cm³/mol. The Kier molecular flexibility index (Phi) is 5.99. The summed E-state index contributed by atoms with van der Waals surface area (Å²) in [5, 5.41) is 0. The fourth-order valence-electron chi connectivity index (χ4n) is 0.633. The largest absolute Gasteiger partial charge is 0.381 e. The molecule has 0 N–H and O–H groups in total. The van der Waals surface area contributed by atoms with E-state index in [1.54, 1.807) is 20.8 Å². The van der Waals surface area contributed by atoms with E-state index in [0.29, 0.717) is 6.10 Å². The molecule has 1 radical (unpaired) electrons. The molecule has 0 heterocycles. The van der Waals surface area contributed by atoms with Crippen molar-refractivity contribution in [1.29, 1.82) is 0 Å². The fourth-order valence-corrected chi connectivity index (χ4v) is 0.633. The van der Waals surface area contributed by atoms with E-state index in [4.69, 9.17) is 9.47 Å². The predicted octanol–water partition coefficient (Wildman–Crippen LogP) is 1.61. The number of rotatable bonds is 5. The first-order valence-electron chi connectivity index (χ1n) is 3.22. The van der Waals surface area contributed by atoms with Gasteiger partial charge < -0.3 is 9.47 Å². The Morgan fingerprint density at radius 3 is 2.44 bits per heavy atom. The Morgan fingerprint density at radius 2 is 2.11 bits per heavy atom. The van der Waals surface area contributed by atoms with E-state index < -0.39 is 0 Å². The lowest BCUT2D eigenvalue weighted by molar-refractivity contribution is 0.0828. The lowest BCUT2D eigenvalue weighted by Gasteiger charge is -2.10. The van der Waals surface area contributed by atoms with Crippen LogP contribution >= 0.6 is 0 Å². The van der Waals surface area contributed by atoms with Crippen LogP contribution in [0.2, 0.25) is 0 Å². The van der Waals surface area contributed by atoms with Gasteiger partial charge in [-0.1, -0.05) is 6.92 Å². The topological polar surface area (TPSA) is 18.5 Å². The number of hydrogen-bond donors (Lipinski definition) is 0. The van der Waals surface area contributed by atoms with Crippen molar-refractivity contribution in [3.8, 4) is 0 Å². The third-order valence-electron chi connectivity index (χ3n) is 1.31. The molecule has 0 aliphatic heterocycles. The van der Waals surface area contributed by atoms with Crippen LogP contribution in [0.15, 0.2) is 0 Å². The van der Waals surface area contributed by atoms with E-state index in [1.165, 1.54) is 0 Å². The molecule has 55 valence electrons. The normalized spacial score (nSPS) is 13.7. The highest BCUT2D eigenvalue weighted by atomic mass is 16.5. The number of hydrogen-bond acceptors (Lipinski definition) is 2. The van der Waals surface area contributed by atoms with Gasteiger partial charge in [0.05, 0.1) is 12.7 Å². The van der Waals surface area contributed by atoms with Crippen molar-refractivity contribution in [3.05, 3.63) is 6.61 Å². The molecule has 0 rings (SSSR count). The summed E-state index contributed by atoms with van der Waals surface area (Å²) in [6.07, 6.45) is 2.24. The summed E-state index contributed by atoms with van der Waals surface area (Å²) in [6.45, 7) is 3.86. The smallest absolute Gasteiger partial charge is 0.0858 e. The molecule has 0 saturated carbocycles. The van der Waals surface area contributed by atoms with Crippen LogP contribution in [0.1, 0.15) is 19.8 Å². The summed E-state index contributed by atoms with van der Waals surface area (Å²) in [5.41, 5.74) is 0. The second-order valence-electron chi connectivity index (χ2n) is 1.90. The highest BCUT2D eigenvalue weighted by molar-refractivity contribution is 4.60. The molecule has 0 bridgehead atoms. The molecular formula is C7H15O2. The van der Waals surface area contributed by atoms with Crippen LogP contribution in [0.3, 0.4) is 0 Å². The Labute approximate surface area is 57.2 Å². The van der Waals surface area contributed by atoms with Gasteiger partial charge in [0.15, 0.2) is 0 Å². The van der Waals surface area contributed by atoms with E-state index in [2.05, 4.69) is 6.92 Å². The molecular weight excluding hydrogens is 116 g/mol. The molecule has 0 aromatic heterocycles. The minimum absolute atomic E-state index is 0.324. The standard InChI is InChI=1S/C7H15O2/c1-4-7(9-3)5-6-8-2/h6-7H,4-5H2,1-3H3. The molecule has 1 atom stereocenters. The molecule has 2 heteroatoms. The van der Waals surface area contributed by atoms with Crippen LogP contribution < -0.4 is 0 Å². The van der Waals surface area contributed by atoms with E-state index in [-0.39, 0.29) is 0 Å². The van der Waals surface area contributed by atoms with Gasteiger partial charge >= 0.3 is 0 Å². The third kappa shape index (κ3) is 4.43. The average Bonchev–Trinajstić information content (AvgIpc) is 1.91. The second-order valence-corrected chi connectivity index (χ2v) is 1.90. The minimum atomic E-state index is 0.324. The first kappa shape index (κ1) is 8.92. The Hall–Kier alpha value is -0.0800. The molecule has 0 aliphatic carbocycles. The first-order chi connectivity index (χ1) is 4.35. The van der Waals surface area contributed by atoms with Crippen molar-refractivity contribution in [2.45, 2.75) is 25.9 Å². The Balaban J connectivity index is 3.09. The Bertz CT molecular complexity index is 50.9. The maximum atomic E-state index is 5.09. The highest BCUT2D eigenvalue weighted by Gasteiger charge is 2.01. The third-order valence-corrected chi connectivity index (χ3v) is 1.31. The summed E-state index contributed by atoms with van der Waals surface area (Å²) < 4.78 is 9.86. The SMILES string of the molecule is CCC(C[CH]OC)OC. The Morgan fingerprint density at radius 1 is 1.44 bits per heavy atom. The quantitative estimate of drug-likeness (QED) is 0.564. The monoisotopic (exact) mass is 131 g/mol. The molecule has 0 aromatic rings. The van der Waals surface area contributed by atoms with Crippen molar-refractivity contribution in [3.63, 3.8) is 0 Å². The molecule has 0 aliphatic rings. The summed E-state index contributed by atoms with van der Waals surface area (Å²) in [6, 6.07) is 0. The van der Waals surface area contributed by atoms with Crippen molar-refractivity contribution >= 4 is 0 Å². The molecule has 0 aromatic carbocycles. The number of ether oxygens (including phenoxy) is 2. The molecule has 9 heavy (non-hydrogen) atoms. The van der Waals surface area contributed by atoms with Gasteiger partial charge in [-0.3, -0.25) is 0 Å². The van der Waals surface area contributed by atoms with Gasteiger partial charge in [-0.2, -0.15) is 0 Å².